The van der Waals surface area contributed by atoms with Crippen LogP contribution < -0.4 is 0 Å². The van der Waals surface area contributed by atoms with Crippen LogP contribution in [0.1, 0.15) is 57.6 Å². The van der Waals surface area contributed by atoms with Crippen LogP contribution in [0.25, 0.3) is 6.08 Å². The van der Waals surface area contributed by atoms with E-state index in [0.29, 0.717) is 10.9 Å². The molecule has 1 saturated heterocycles. The first-order valence-electron chi connectivity index (χ1n) is 8.01. The fourth-order valence-electron chi connectivity index (χ4n) is 3.20. The second kappa shape index (κ2) is 6.32. The Morgan fingerprint density at radius 2 is 1.95 bits per heavy atom. The van der Waals surface area contributed by atoms with E-state index in [0.717, 1.165) is 17.3 Å². The molecule has 1 aliphatic heterocycles. The third-order valence-corrected chi connectivity index (χ3v) is 5.26. The van der Waals surface area contributed by atoms with Crippen molar-refractivity contribution in [2.45, 2.75) is 58.0 Å². The fourth-order valence-corrected chi connectivity index (χ4v) is 4.16. The van der Waals surface area contributed by atoms with Crippen LogP contribution in [0, 0.1) is 0 Å². The number of imide groups is 1. The highest BCUT2D eigenvalue weighted by Gasteiger charge is 2.36. The van der Waals surface area contributed by atoms with Gasteiger partial charge in [-0.2, -0.15) is 0 Å². The van der Waals surface area contributed by atoms with Crippen molar-refractivity contribution in [1.29, 1.82) is 0 Å². The van der Waals surface area contributed by atoms with E-state index in [1.54, 1.807) is 0 Å². The lowest BCUT2D eigenvalue weighted by molar-refractivity contribution is -0.123. The van der Waals surface area contributed by atoms with Gasteiger partial charge in [0, 0.05) is 24.5 Å². The van der Waals surface area contributed by atoms with E-state index in [1.807, 2.05) is 26.0 Å². The Balaban J connectivity index is 1.77. The van der Waals surface area contributed by atoms with Crippen LogP contribution >= 0.6 is 11.8 Å². The molecular weight excluding hydrogens is 296 g/mol. The summed E-state index contributed by atoms with van der Waals surface area (Å²) in [7, 11) is 0. The summed E-state index contributed by atoms with van der Waals surface area (Å²) in [5, 5.41) is -0.169. The molecule has 2 fully saturated rings. The molecule has 0 N–H and O–H groups in total. The maximum absolute atomic E-state index is 12.3. The van der Waals surface area contributed by atoms with Crippen molar-refractivity contribution in [3.8, 4) is 0 Å². The van der Waals surface area contributed by atoms with E-state index in [4.69, 9.17) is 0 Å². The number of rotatable bonds is 3. The maximum atomic E-state index is 12.3. The molecule has 1 aromatic heterocycles. The summed E-state index contributed by atoms with van der Waals surface area (Å²) in [4.78, 5) is 26.0. The number of amides is 2. The van der Waals surface area contributed by atoms with E-state index in [2.05, 4.69) is 17.0 Å². The summed E-state index contributed by atoms with van der Waals surface area (Å²) in [6.07, 6.45) is 12.4. The lowest BCUT2D eigenvalue weighted by Gasteiger charge is -2.23. The van der Waals surface area contributed by atoms with Gasteiger partial charge in [-0.3, -0.25) is 14.5 Å². The van der Waals surface area contributed by atoms with Gasteiger partial charge in [0.2, 0.25) is 0 Å². The maximum Gasteiger partial charge on any atom is 0.293 e. The summed E-state index contributed by atoms with van der Waals surface area (Å²) >= 11 is 1.04. The Kier molecular flexibility index (Phi) is 4.43. The van der Waals surface area contributed by atoms with Crippen LogP contribution in [0.5, 0.6) is 0 Å². The molecule has 0 bridgehead atoms. The highest BCUT2D eigenvalue weighted by atomic mass is 32.2. The standard InChI is InChI=1S/C17H22N2O2S/c1-12(2)19-16(20)15(22-17(19)21)10-13-8-9-18(11-13)14-6-4-3-5-7-14/h8-12,14H,3-7H2,1-2H3/b15-10+. The van der Waals surface area contributed by atoms with E-state index in [1.165, 1.54) is 37.0 Å². The zero-order chi connectivity index (χ0) is 15.7. The first kappa shape index (κ1) is 15.4. The van der Waals surface area contributed by atoms with Gasteiger partial charge in [0.15, 0.2) is 0 Å². The molecular formula is C17H22N2O2S. The summed E-state index contributed by atoms with van der Waals surface area (Å²) < 4.78 is 2.26. The average molecular weight is 318 g/mol. The van der Waals surface area contributed by atoms with Crippen molar-refractivity contribution < 1.29 is 9.59 Å². The number of nitrogens with zero attached hydrogens (tertiary/aromatic N) is 2. The molecule has 2 amide bonds. The zero-order valence-corrected chi connectivity index (χ0v) is 13.9. The second-order valence-corrected chi connectivity index (χ2v) is 7.32. The smallest absolute Gasteiger partial charge is 0.293 e. The molecule has 118 valence electrons. The molecule has 4 nitrogen and oxygen atoms in total. The minimum atomic E-state index is -0.171. The van der Waals surface area contributed by atoms with Gasteiger partial charge >= 0.3 is 0 Å². The molecule has 22 heavy (non-hydrogen) atoms. The van der Waals surface area contributed by atoms with Crippen molar-refractivity contribution in [1.82, 2.24) is 9.47 Å². The number of carbonyl (C=O) groups is 2. The third-order valence-electron chi connectivity index (χ3n) is 4.37. The Morgan fingerprint density at radius 3 is 2.59 bits per heavy atom. The molecule has 0 aromatic carbocycles. The lowest BCUT2D eigenvalue weighted by atomic mass is 9.95. The highest BCUT2D eigenvalue weighted by Crippen LogP contribution is 2.34. The number of hydrogen-bond acceptors (Lipinski definition) is 3. The quantitative estimate of drug-likeness (QED) is 0.774. The SMILES string of the molecule is CC(C)N1C(=O)S/C(=C/c2ccn(C3CCCCC3)c2)C1=O. The van der Waals surface area contributed by atoms with Crippen LogP contribution in [0.2, 0.25) is 0 Å². The molecule has 0 spiro atoms. The van der Waals surface area contributed by atoms with Crippen molar-refractivity contribution in [3.05, 3.63) is 28.9 Å². The average Bonchev–Trinajstić information content (AvgIpc) is 3.06. The van der Waals surface area contributed by atoms with Gasteiger partial charge in [-0.15, -0.1) is 0 Å². The van der Waals surface area contributed by atoms with Crippen molar-refractivity contribution in [2.75, 3.05) is 0 Å². The molecule has 1 aliphatic carbocycles. The summed E-state index contributed by atoms with van der Waals surface area (Å²) in [5.41, 5.74) is 1.000. The van der Waals surface area contributed by atoms with Crippen LogP contribution in [0.15, 0.2) is 23.4 Å². The summed E-state index contributed by atoms with van der Waals surface area (Å²) in [6, 6.07) is 2.52. The predicted molar refractivity (Wildman–Crippen MR) is 89.5 cm³/mol. The van der Waals surface area contributed by atoms with Gasteiger partial charge in [0.1, 0.15) is 0 Å². The number of carbonyl (C=O) groups excluding carboxylic acids is 2. The summed E-state index contributed by atoms with van der Waals surface area (Å²) in [5.74, 6) is -0.171. The zero-order valence-electron chi connectivity index (χ0n) is 13.1. The Morgan fingerprint density at radius 1 is 1.23 bits per heavy atom. The molecule has 0 atom stereocenters. The molecule has 2 heterocycles. The highest BCUT2D eigenvalue weighted by molar-refractivity contribution is 8.18. The number of hydrogen-bond donors (Lipinski definition) is 0. The van der Waals surface area contributed by atoms with Crippen molar-refractivity contribution in [3.63, 3.8) is 0 Å². The van der Waals surface area contributed by atoms with Crippen LogP contribution in [-0.4, -0.2) is 26.7 Å². The fraction of sp³-hybridized carbons (Fsp3) is 0.529. The third kappa shape index (κ3) is 3.00. The first-order valence-corrected chi connectivity index (χ1v) is 8.82. The van der Waals surface area contributed by atoms with Crippen LogP contribution in [0.4, 0.5) is 4.79 Å². The van der Waals surface area contributed by atoms with E-state index >= 15 is 0 Å². The number of thioether (sulfide) groups is 1. The largest absolute Gasteiger partial charge is 0.351 e. The molecule has 3 rings (SSSR count). The van der Waals surface area contributed by atoms with Gasteiger partial charge in [-0.25, -0.2) is 0 Å². The predicted octanol–water partition coefficient (Wildman–Crippen LogP) is 4.44. The first-order chi connectivity index (χ1) is 10.6. The van der Waals surface area contributed by atoms with Crippen LogP contribution in [-0.2, 0) is 4.79 Å². The minimum absolute atomic E-state index is 0.0924. The Bertz CT molecular complexity index is 612. The molecule has 0 unspecified atom stereocenters. The second-order valence-electron chi connectivity index (χ2n) is 6.33. The molecule has 0 radical (unpaired) electrons. The van der Waals surface area contributed by atoms with Crippen LogP contribution in [0.3, 0.4) is 0 Å². The van der Waals surface area contributed by atoms with E-state index in [-0.39, 0.29) is 17.2 Å². The van der Waals surface area contributed by atoms with Crippen molar-refractivity contribution in [2.24, 2.45) is 0 Å². The normalized spacial score (nSPS) is 22.3. The van der Waals surface area contributed by atoms with E-state index < -0.39 is 0 Å². The molecule has 1 saturated carbocycles. The van der Waals surface area contributed by atoms with Gasteiger partial charge in [0.25, 0.3) is 11.1 Å². The summed E-state index contributed by atoms with van der Waals surface area (Å²) in [6.45, 7) is 3.72. The number of aromatic nitrogens is 1. The van der Waals surface area contributed by atoms with Gasteiger partial charge in [-0.05, 0) is 56.2 Å². The Hall–Kier alpha value is -1.49. The van der Waals surface area contributed by atoms with Gasteiger partial charge in [0.05, 0.1) is 4.91 Å². The van der Waals surface area contributed by atoms with E-state index in [9.17, 15) is 9.59 Å². The molecule has 2 aliphatic rings. The topological polar surface area (TPSA) is 42.3 Å². The molecule has 5 heteroatoms. The van der Waals surface area contributed by atoms with Gasteiger partial charge in [-0.1, -0.05) is 19.3 Å². The Labute approximate surface area is 135 Å². The van der Waals surface area contributed by atoms with Crippen molar-refractivity contribution >= 4 is 29.0 Å². The minimum Gasteiger partial charge on any atom is -0.351 e. The van der Waals surface area contributed by atoms with Gasteiger partial charge < -0.3 is 4.57 Å². The molecule has 1 aromatic rings. The lowest BCUT2D eigenvalue weighted by Crippen LogP contribution is -2.34. The monoisotopic (exact) mass is 318 g/mol.